The van der Waals surface area contributed by atoms with Crippen molar-refractivity contribution in [3.8, 4) is 11.5 Å². The molecule has 166 valence electrons. The Kier molecular flexibility index (Phi) is 5.03. The Hall–Kier alpha value is -2.82. The maximum absolute atomic E-state index is 15.0. The van der Waals surface area contributed by atoms with Crippen molar-refractivity contribution in [1.29, 1.82) is 0 Å². The van der Waals surface area contributed by atoms with Crippen LogP contribution in [0.5, 0.6) is 0 Å². The molecule has 1 amide bonds. The lowest BCUT2D eigenvalue weighted by molar-refractivity contribution is -0.119. The third kappa shape index (κ3) is 3.78. The summed E-state index contributed by atoms with van der Waals surface area (Å²) in [5.41, 5.74) is 6.53. The van der Waals surface area contributed by atoms with Crippen LogP contribution in [0.2, 0.25) is 5.02 Å². The van der Waals surface area contributed by atoms with Crippen molar-refractivity contribution in [2.24, 2.45) is 5.73 Å². The summed E-state index contributed by atoms with van der Waals surface area (Å²) < 4.78 is 46.4. The first-order valence-corrected chi connectivity index (χ1v) is 12.0. The van der Waals surface area contributed by atoms with Gasteiger partial charge in [0.1, 0.15) is 5.82 Å². The quantitative estimate of drug-likeness (QED) is 0.614. The largest absolute Gasteiger partial charge is 0.420 e. The van der Waals surface area contributed by atoms with Crippen molar-refractivity contribution in [1.82, 2.24) is 10.2 Å². The second kappa shape index (κ2) is 7.65. The molecular weight excluding hydrogens is 459 g/mol. The van der Waals surface area contributed by atoms with E-state index >= 15 is 4.39 Å². The molecule has 0 spiro atoms. The molecule has 32 heavy (non-hydrogen) atoms. The Morgan fingerprint density at radius 3 is 2.59 bits per heavy atom. The first kappa shape index (κ1) is 21.0. The fourth-order valence-electron chi connectivity index (χ4n) is 3.66. The van der Waals surface area contributed by atoms with Gasteiger partial charge in [-0.25, -0.2) is 12.8 Å². The highest BCUT2D eigenvalue weighted by Gasteiger charge is 2.38. The van der Waals surface area contributed by atoms with E-state index in [0.717, 1.165) is 18.9 Å². The molecule has 0 bridgehead atoms. The molecule has 2 aliphatic rings. The van der Waals surface area contributed by atoms with E-state index in [2.05, 4.69) is 10.2 Å². The Morgan fingerprint density at radius 2 is 1.91 bits per heavy atom. The third-order valence-corrected chi connectivity index (χ3v) is 7.56. The Bertz CT molecular complexity index is 1320. The number of amides is 1. The van der Waals surface area contributed by atoms with E-state index in [1.807, 2.05) is 0 Å². The number of fused-ring (bicyclic) bond motifs is 1. The average molecular weight is 477 g/mol. The van der Waals surface area contributed by atoms with Crippen LogP contribution in [0.4, 0.5) is 10.1 Å². The van der Waals surface area contributed by atoms with E-state index in [0.29, 0.717) is 16.5 Å². The van der Waals surface area contributed by atoms with Gasteiger partial charge in [0.15, 0.2) is 9.84 Å². The number of carbonyl (C=O) groups excluding carboxylic acids is 1. The van der Waals surface area contributed by atoms with Crippen molar-refractivity contribution >= 4 is 33.0 Å². The molecule has 2 heterocycles. The monoisotopic (exact) mass is 476 g/mol. The van der Waals surface area contributed by atoms with Gasteiger partial charge in [0, 0.05) is 10.9 Å². The molecule has 1 fully saturated rings. The second-order valence-electron chi connectivity index (χ2n) is 7.96. The maximum atomic E-state index is 15.0. The lowest BCUT2D eigenvalue weighted by Gasteiger charge is -2.24. The number of aromatic nitrogens is 2. The van der Waals surface area contributed by atoms with Gasteiger partial charge in [-0.1, -0.05) is 23.7 Å². The van der Waals surface area contributed by atoms with E-state index in [1.165, 1.54) is 11.0 Å². The van der Waals surface area contributed by atoms with Crippen LogP contribution in [0.1, 0.15) is 30.2 Å². The molecule has 1 atom stereocenters. The summed E-state index contributed by atoms with van der Waals surface area (Å²) in [6, 6.07) is 7.60. The molecule has 11 heteroatoms. The molecule has 3 aromatic rings. The summed E-state index contributed by atoms with van der Waals surface area (Å²) >= 11 is 5.94. The zero-order chi connectivity index (χ0) is 22.6. The van der Waals surface area contributed by atoms with Gasteiger partial charge < -0.3 is 15.1 Å². The van der Waals surface area contributed by atoms with Crippen molar-refractivity contribution in [3.05, 3.63) is 58.7 Å². The Labute approximate surface area is 188 Å². The third-order valence-electron chi connectivity index (χ3n) is 5.51. The normalized spacial score (nSPS) is 20.2. The fraction of sp³-hybridized carbons (Fsp3) is 0.286. The minimum absolute atomic E-state index is 0.0143. The summed E-state index contributed by atoms with van der Waals surface area (Å²) in [5, 5.41) is 8.40. The SMILES string of the molecule is N[C@H]1CS(=O)(=O)c2cc(F)c(-c3nnc(C4CC4)o3)cc2N(Cc2ccc(Cl)cc2)C1=O. The molecule has 0 saturated heterocycles. The van der Waals surface area contributed by atoms with Crippen molar-refractivity contribution < 1.29 is 22.0 Å². The molecule has 8 nitrogen and oxygen atoms in total. The van der Waals surface area contributed by atoms with Gasteiger partial charge in [-0.2, -0.15) is 0 Å². The molecular formula is C21H18ClFN4O4S. The molecule has 2 aromatic carbocycles. The van der Waals surface area contributed by atoms with E-state index in [4.69, 9.17) is 21.8 Å². The molecule has 1 aliphatic heterocycles. The van der Waals surface area contributed by atoms with Crippen LogP contribution in [0.3, 0.4) is 0 Å². The zero-order valence-electron chi connectivity index (χ0n) is 16.7. The van der Waals surface area contributed by atoms with Gasteiger partial charge >= 0.3 is 0 Å². The summed E-state index contributed by atoms with van der Waals surface area (Å²) in [6.45, 7) is 0.0223. The van der Waals surface area contributed by atoms with Gasteiger partial charge in [0.2, 0.25) is 11.8 Å². The van der Waals surface area contributed by atoms with Gasteiger partial charge in [0.05, 0.1) is 34.5 Å². The van der Waals surface area contributed by atoms with Gasteiger partial charge in [0.25, 0.3) is 5.89 Å². The highest BCUT2D eigenvalue weighted by Crippen LogP contribution is 2.41. The van der Waals surface area contributed by atoms with Crippen LogP contribution < -0.4 is 10.6 Å². The topological polar surface area (TPSA) is 119 Å². The first-order valence-electron chi connectivity index (χ1n) is 9.94. The molecule has 5 rings (SSSR count). The number of halogens is 2. The minimum Gasteiger partial charge on any atom is -0.420 e. The van der Waals surface area contributed by atoms with E-state index < -0.39 is 33.4 Å². The molecule has 0 unspecified atom stereocenters. The predicted octanol–water partition coefficient (Wildman–Crippen LogP) is 3.05. The molecule has 1 aliphatic carbocycles. The first-order chi connectivity index (χ1) is 15.2. The molecule has 2 N–H and O–H groups in total. The van der Waals surface area contributed by atoms with Crippen LogP contribution in [0, 0.1) is 5.82 Å². The predicted molar refractivity (Wildman–Crippen MR) is 114 cm³/mol. The lowest BCUT2D eigenvalue weighted by Crippen LogP contribution is -2.45. The summed E-state index contributed by atoms with van der Waals surface area (Å²) in [4.78, 5) is 14.0. The molecule has 1 aromatic heterocycles. The van der Waals surface area contributed by atoms with Crippen LogP contribution in [0.15, 0.2) is 45.7 Å². The van der Waals surface area contributed by atoms with Crippen molar-refractivity contribution in [2.45, 2.75) is 36.2 Å². The van der Waals surface area contributed by atoms with Crippen molar-refractivity contribution in [2.75, 3.05) is 10.7 Å². The second-order valence-corrected chi connectivity index (χ2v) is 10.4. The van der Waals surface area contributed by atoms with Gasteiger partial charge in [-0.15, -0.1) is 10.2 Å². The number of nitrogens with two attached hydrogens (primary N) is 1. The number of hydrogen-bond acceptors (Lipinski definition) is 7. The van der Waals surface area contributed by atoms with Crippen molar-refractivity contribution in [3.63, 3.8) is 0 Å². The fourth-order valence-corrected chi connectivity index (χ4v) is 5.35. The highest BCUT2D eigenvalue weighted by atomic mass is 35.5. The number of hydrogen-bond donors (Lipinski definition) is 1. The molecule has 1 saturated carbocycles. The Morgan fingerprint density at radius 1 is 1.19 bits per heavy atom. The van der Waals surface area contributed by atoms with Gasteiger partial charge in [-0.05, 0) is 42.7 Å². The van der Waals surface area contributed by atoms with Crippen LogP contribution in [-0.4, -0.2) is 36.3 Å². The van der Waals surface area contributed by atoms with Crippen LogP contribution >= 0.6 is 11.6 Å². The number of sulfone groups is 1. The number of rotatable bonds is 4. The number of anilines is 1. The zero-order valence-corrected chi connectivity index (χ0v) is 18.2. The number of benzene rings is 2. The van der Waals surface area contributed by atoms with E-state index in [-0.39, 0.29) is 34.5 Å². The smallest absolute Gasteiger partial charge is 0.250 e. The minimum atomic E-state index is -4.03. The van der Waals surface area contributed by atoms with E-state index in [1.54, 1.807) is 24.3 Å². The number of nitrogens with zero attached hydrogens (tertiary/aromatic N) is 3. The Balaban J connectivity index is 1.65. The summed E-state index contributed by atoms with van der Waals surface area (Å²) in [6.07, 6.45) is 1.85. The molecule has 0 radical (unpaired) electrons. The number of carbonyl (C=O) groups is 1. The summed E-state index contributed by atoms with van der Waals surface area (Å²) in [7, 11) is -4.03. The van der Waals surface area contributed by atoms with Crippen LogP contribution in [-0.2, 0) is 21.2 Å². The lowest BCUT2D eigenvalue weighted by atomic mass is 10.1. The maximum Gasteiger partial charge on any atom is 0.250 e. The van der Waals surface area contributed by atoms with Crippen LogP contribution in [0.25, 0.3) is 11.5 Å². The van der Waals surface area contributed by atoms with Gasteiger partial charge in [-0.3, -0.25) is 4.79 Å². The summed E-state index contributed by atoms with van der Waals surface area (Å²) in [5.74, 6) is -1.55. The highest BCUT2D eigenvalue weighted by molar-refractivity contribution is 7.91. The van der Waals surface area contributed by atoms with E-state index in [9.17, 15) is 13.2 Å². The average Bonchev–Trinajstić information content (AvgIpc) is 3.50. The standard InChI is InChI=1S/C21H18ClFN4O4S/c22-13-5-1-11(2-6-13)9-27-17-7-14(20-26-25-19(31-20)12-3-4-12)15(23)8-18(17)32(29,30)10-16(24)21(27)28/h1-2,5-8,12,16H,3-4,9-10,24H2/t16-/m0/s1.